The Bertz CT molecular complexity index is 70.9. The minimum Gasteiger partial charge on any atom is -0.395 e. The van der Waals surface area contributed by atoms with Gasteiger partial charge in [-0.05, 0) is 6.42 Å². The van der Waals surface area contributed by atoms with Crippen LogP contribution in [-0.4, -0.2) is 18.3 Å². The molecule has 0 saturated heterocycles. The van der Waals surface area contributed by atoms with Crippen molar-refractivity contribution in [3.05, 3.63) is 12.3 Å². The first-order valence-electron chi connectivity index (χ1n) is 2.83. The lowest BCUT2D eigenvalue weighted by Crippen LogP contribution is -2.15. The predicted molar refractivity (Wildman–Crippen MR) is 34.5 cm³/mol. The Balaban J connectivity index is 2.99. The Hall–Kier alpha value is -0.500. The van der Waals surface area contributed by atoms with E-state index in [1.807, 2.05) is 6.92 Å². The molecule has 0 amide bonds. The van der Waals surface area contributed by atoms with Gasteiger partial charge in [-0.25, -0.2) is 0 Å². The molecule has 48 valence electrons. The summed E-state index contributed by atoms with van der Waals surface area (Å²) in [5.74, 6) is 0. The second-order valence-corrected chi connectivity index (χ2v) is 1.61. The quantitative estimate of drug-likeness (QED) is 0.559. The van der Waals surface area contributed by atoms with E-state index in [-0.39, 0.29) is 6.61 Å². The van der Waals surface area contributed by atoms with Crippen LogP contribution in [0.25, 0.3) is 0 Å². The number of hydrogen-bond acceptors (Lipinski definition) is 2. The molecule has 8 heavy (non-hydrogen) atoms. The first-order valence-corrected chi connectivity index (χ1v) is 2.83. The van der Waals surface area contributed by atoms with Gasteiger partial charge in [0.25, 0.3) is 0 Å². The number of aliphatic hydroxyl groups excluding tert-OH is 1. The second-order valence-electron chi connectivity index (χ2n) is 1.61. The van der Waals surface area contributed by atoms with Crippen LogP contribution in [0.3, 0.4) is 0 Å². The van der Waals surface area contributed by atoms with Crippen LogP contribution >= 0.6 is 0 Å². The maximum atomic E-state index is 8.31. The molecular weight excluding hydrogens is 102 g/mol. The number of nitrogens with one attached hydrogen (secondary N) is 1. The van der Waals surface area contributed by atoms with Crippen molar-refractivity contribution >= 4 is 0 Å². The molecule has 0 heterocycles. The van der Waals surface area contributed by atoms with Crippen molar-refractivity contribution in [3.63, 3.8) is 0 Å². The van der Waals surface area contributed by atoms with Crippen LogP contribution in [0.15, 0.2) is 12.3 Å². The number of aliphatic hydroxyl groups is 1. The summed E-state index contributed by atoms with van der Waals surface area (Å²) in [6.07, 6.45) is 0.931. The zero-order valence-corrected chi connectivity index (χ0v) is 5.28. The van der Waals surface area contributed by atoms with E-state index in [0.717, 1.165) is 12.1 Å². The number of allylic oxidation sites excluding steroid dienone is 1. The molecule has 0 aliphatic heterocycles. The fourth-order valence-corrected chi connectivity index (χ4v) is 0.358. The minimum atomic E-state index is 0.180. The van der Waals surface area contributed by atoms with Crippen LogP contribution in [0.2, 0.25) is 0 Å². The van der Waals surface area contributed by atoms with Crippen molar-refractivity contribution in [2.45, 2.75) is 13.3 Å². The Kier molecular flexibility index (Phi) is 4.36. The van der Waals surface area contributed by atoms with E-state index in [1.54, 1.807) is 0 Å². The molecule has 0 aliphatic rings. The first-order chi connectivity index (χ1) is 3.81. The molecule has 0 bridgehead atoms. The molecule has 0 aliphatic carbocycles. The van der Waals surface area contributed by atoms with Gasteiger partial charge in [0.05, 0.1) is 6.61 Å². The van der Waals surface area contributed by atoms with E-state index in [1.165, 1.54) is 0 Å². The summed E-state index contributed by atoms with van der Waals surface area (Å²) in [6, 6.07) is 0. The van der Waals surface area contributed by atoms with Gasteiger partial charge in [-0.2, -0.15) is 0 Å². The normalized spacial score (nSPS) is 8.75. The molecule has 0 fully saturated rings. The lowest BCUT2D eigenvalue weighted by Gasteiger charge is -2.02. The van der Waals surface area contributed by atoms with Crippen LogP contribution < -0.4 is 5.32 Å². The average Bonchev–Trinajstić information content (AvgIpc) is 1.83. The van der Waals surface area contributed by atoms with Crippen molar-refractivity contribution in [2.24, 2.45) is 0 Å². The molecule has 0 unspecified atom stereocenters. The summed E-state index contributed by atoms with van der Waals surface area (Å²) in [5.41, 5.74) is 0.985. The van der Waals surface area contributed by atoms with E-state index >= 15 is 0 Å². The molecule has 0 spiro atoms. The van der Waals surface area contributed by atoms with Gasteiger partial charge >= 0.3 is 0 Å². The molecule has 0 saturated carbocycles. The predicted octanol–water partition coefficient (Wildman–Crippen LogP) is 0.492. The molecule has 0 rings (SSSR count). The zero-order valence-electron chi connectivity index (χ0n) is 5.28. The Morgan fingerprint density at radius 2 is 2.38 bits per heavy atom. The molecule has 0 atom stereocenters. The molecule has 2 nitrogen and oxygen atoms in total. The van der Waals surface area contributed by atoms with E-state index in [9.17, 15) is 0 Å². The molecule has 0 aromatic heterocycles. The Morgan fingerprint density at radius 3 is 2.75 bits per heavy atom. The van der Waals surface area contributed by atoms with Crippen molar-refractivity contribution in [1.82, 2.24) is 5.32 Å². The van der Waals surface area contributed by atoms with Crippen LogP contribution in [0.4, 0.5) is 0 Å². The molecule has 0 aromatic carbocycles. The standard InChI is InChI=1S/C6H13NO/c1-3-6(2)7-4-5-8/h7-8H,2-5H2,1H3. The van der Waals surface area contributed by atoms with E-state index in [4.69, 9.17) is 5.11 Å². The third-order valence-corrected chi connectivity index (χ3v) is 0.914. The van der Waals surface area contributed by atoms with Crippen molar-refractivity contribution in [3.8, 4) is 0 Å². The largest absolute Gasteiger partial charge is 0.395 e. The minimum absolute atomic E-state index is 0.180. The highest BCUT2D eigenvalue weighted by atomic mass is 16.3. The van der Waals surface area contributed by atoms with Crippen LogP contribution in [0.1, 0.15) is 13.3 Å². The van der Waals surface area contributed by atoms with Gasteiger partial charge in [-0.15, -0.1) is 0 Å². The van der Waals surface area contributed by atoms with Crippen molar-refractivity contribution in [1.29, 1.82) is 0 Å². The summed E-state index contributed by atoms with van der Waals surface area (Å²) in [5, 5.41) is 11.2. The van der Waals surface area contributed by atoms with Gasteiger partial charge in [0.2, 0.25) is 0 Å². The summed E-state index contributed by atoms with van der Waals surface area (Å²) >= 11 is 0. The fraction of sp³-hybridized carbons (Fsp3) is 0.667. The highest BCUT2D eigenvalue weighted by molar-refractivity contribution is 4.88. The van der Waals surface area contributed by atoms with E-state index < -0.39 is 0 Å². The van der Waals surface area contributed by atoms with Gasteiger partial charge < -0.3 is 10.4 Å². The average molecular weight is 115 g/mol. The number of rotatable bonds is 4. The topological polar surface area (TPSA) is 32.3 Å². The monoisotopic (exact) mass is 115 g/mol. The van der Waals surface area contributed by atoms with Gasteiger partial charge in [0.1, 0.15) is 0 Å². The summed E-state index contributed by atoms with van der Waals surface area (Å²) in [4.78, 5) is 0. The maximum Gasteiger partial charge on any atom is 0.0603 e. The van der Waals surface area contributed by atoms with Crippen molar-refractivity contribution in [2.75, 3.05) is 13.2 Å². The van der Waals surface area contributed by atoms with Gasteiger partial charge in [-0.1, -0.05) is 13.5 Å². The SMILES string of the molecule is C=C(CC)NCCO. The van der Waals surface area contributed by atoms with Crippen LogP contribution in [0.5, 0.6) is 0 Å². The van der Waals surface area contributed by atoms with Crippen molar-refractivity contribution < 1.29 is 5.11 Å². The zero-order chi connectivity index (χ0) is 6.41. The number of hydrogen-bond donors (Lipinski definition) is 2. The summed E-state index contributed by atoms with van der Waals surface area (Å²) in [7, 11) is 0. The molecule has 2 N–H and O–H groups in total. The van der Waals surface area contributed by atoms with E-state index in [2.05, 4.69) is 11.9 Å². The smallest absolute Gasteiger partial charge is 0.0603 e. The van der Waals surface area contributed by atoms with Crippen LogP contribution in [-0.2, 0) is 0 Å². The Morgan fingerprint density at radius 1 is 1.75 bits per heavy atom. The summed E-state index contributed by atoms with van der Waals surface area (Å²) in [6.45, 7) is 6.51. The third kappa shape index (κ3) is 3.68. The second kappa shape index (κ2) is 4.65. The third-order valence-electron chi connectivity index (χ3n) is 0.914. The van der Waals surface area contributed by atoms with Gasteiger partial charge in [0.15, 0.2) is 0 Å². The highest BCUT2D eigenvalue weighted by Crippen LogP contribution is 1.86. The fourth-order valence-electron chi connectivity index (χ4n) is 0.358. The molecular formula is C6H13NO. The molecule has 0 radical (unpaired) electrons. The highest BCUT2D eigenvalue weighted by Gasteiger charge is 1.83. The van der Waals surface area contributed by atoms with Gasteiger partial charge in [0, 0.05) is 12.2 Å². The van der Waals surface area contributed by atoms with E-state index in [0.29, 0.717) is 6.54 Å². The van der Waals surface area contributed by atoms with Crippen LogP contribution in [0, 0.1) is 0 Å². The first kappa shape index (κ1) is 7.50. The lowest BCUT2D eigenvalue weighted by atomic mass is 10.4. The molecule has 2 heteroatoms. The Labute approximate surface area is 50.2 Å². The lowest BCUT2D eigenvalue weighted by molar-refractivity contribution is 0.296. The maximum absolute atomic E-state index is 8.31. The molecule has 0 aromatic rings. The van der Waals surface area contributed by atoms with Gasteiger partial charge in [-0.3, -0.25) is 0 Å². The summed E-state index contributed by atoms with van der Waals surface area (Å²) < 4.78 is 0.